The fourth-order valence-corrected chi connectivity index (χ4v) is 2.63. The third-order valence-corrected chi connectivity index (χ3v) is 4.30. The number of rotatable bonds is 6. The van der Waals surface area contributed by atoms with E-state index in [9.17, 15) is 37.4 Å². The van der Waals surface area contributed by atoms with Gasteiger partial charge in [-0.2, -0.15) is 0 Å². The van der Waals surface area contributed by atoms with Crippen molar-refractivity contribution in [1.29, 1.82) is 0 Å². The molecule has 0 saturated heterocycles. The number of carboxylic acid groups (broad SMARTS) is 2. The fourth-order valence-electron chi connectivity index (χ4n) is 2.63. The number of hydrogen-bond acceptors (Lipinski definition) is 9. The molecule has 0 saturated carbocycles. The van der Waals surface area contributed by atoms with Crippen LogP contribution in [0.25, 0.3) is 0 Å². The normalized spacial score (nSPS) is 11.4. The molecule has 0 radical (unpaired) electrons. The van der Waals surface area contributed by atoms with Crippen molar-refractivity contribution < 1.29 is 47.6 Å². The summed E-state index contributed by atoms with van der Waals surface area (Å²) in [5.74, 6) is -10.5. The van der Waals surface area contributed by atoms with E-state index in [0.29, 0.717) is 24.3 Å². The summed E-state index contributed by atoms with van der Waals surface area (Å²) in [6.45, 7) is 0. The van der Waals surface area contributed by atoms with Gasteiger partial charge in [-0.3, -0.25) is 0 Å². The fraction of sp³-hybridized carbons (Fsp3) is 0. The van der Waals surface area contributed by atoms with E-state index in [1.165, 1.54) is 0 Å². The summed E-state index contributed by atoms with van der Waals surface area (Å²) in [5, 5.41) is 50.4. The Bertz CT molecular complexity index is 1290. The Morgan fingerprint density at radius 1 is 0.600 bits per heavy atom. The molecule has 6 N–H and O–H groups in total. The first-order chi connectivity index (χ1) is 16.4. The molecule has 0 aliphatic rings. The predicted octanol–water partition coefficient (Wildman–Crippen LogP) is 5.46. The zero-order valence-electron chi connectivity index (χ0n) is 16.9. The molecule has 3 rings (SSSR count). The van der Waals surface area contributed by atoms with Crippen LogP contribution in [0.4, 0.5) is 46.0 Å². The molecule has 3 aromatic carbocycles. The molecule has 15 heteroatoms. The van der Waals surface area contributed by atoms with Crippen molar-refractivity contribution in [1.82, 2.24) is 0 Å². The number of halogens is 4. The predicted molar refractivity (Wildman–Crippen MR) is 109 cm³/mol. The van der Waals surface area contributed by atoms with E-state index >= 15 is 0 Å². The number of anilines is 1. The smallest absolute Gasteiger partial charge is 0.335 e. The van der Waals surface area contributed by atoms with Crippen LogP contribution in [0.1, 0.15) is 20.7 Å². The first kappa shape index (κ1) is 24.6. The lowest BCUT2D eigenvalue weighted by atomic mass is 10.2. The van der Waals surface area contributed by atoms with Crippen LogP contribution in [0, 0.1) is 23.3 Å². The molecule has 0 heterocycles. The molecule has 0 aliphatic heterocycles. The largest absolute Gasteiger partial charge is 0.505 e. The quantitative estimate of drug-likeness (QED) is 0.171. The molecule has 0 unspecified atom stereocenters. The summed E-state index contributed by atoms with van der Waals surface area (Å²) in [4.78, 5) is 21.8. The molecule has 11 nitrogen and oxygen atoms in total. The molecular weight excluding hydrogens is 482 g/mol. The molecule has 180 valence electrons. The Morgan fingerprint density at radius 2 is 0.914 bits per heavy atom. The standard InChI is InChI=1S/C20H11F4N5O6/c21-8-1-6(19(32)33)3-12(30)15(8)26-28-17-10(23)5-11(24)18(14(17)25)29-27-16-9(22)2-7(20(34)35)4-13(16)31/h1-5,30-31H,25H2,(H,32,33)(H,34,35). The van der Waals surface area contributed by atoms with Crippen molar-refractivity contribution in [3.05, 3.63) is 64.7 Å². The van der Waals surface area contributed by atoms with E-state index in [2.05, 4.69) is 20.5 Å². The second-order valence-corrected chi connectivity index (χ2v) is 6.61. The molecular formula is C20H11F4N5O6. The number of carboxylic acids is 2. The van der Waals surface area contributed by atoms with Crippen LogP contribution in [-0.4, -0.2) is 32.4 Å². The van der Waals surface area contributed by atoms with Crippen LogP contribution in [0.2, 0.25) is 0 Å². The van der Waals surface area contributed by atoms with Gasteiger partial charge in [0.2, 0.25) is 0 Å². The summed E-state index contributed by atoms with van der Waals surface area (Å²) in [5.41, 5.74) is 0.0123. The second kappa shape index (κ2) is 9.42. The highest BCUT2D eigenvalue weighted by Crippen LogP contribution is 2.41. The molecule has 0 bridgehead atoms. The first-order valence-corrected chi connectivity index (χ1v) is 9.03. The van der Waals surface area contributed by atoms with Gasteiger partial charge in [-0.15, -0.1) is 20.5 Å². The number of hydrogen-bond donors (Lipinski definition) is 5. The SMILES string of the molecule is Nc1c(N=Nc2c(O)cc(C(=O)O)cc2F)c(F)cc(F)c1N=Nc1c(O)cc(C(=O)O)cc1F. The lowest BCUT2D eigenvalue weighted by Gasteiger charge is -2.07. The number of aromatic hydroxyl groups is 2. The Kier molecular flexibility index (Phi) is 6.61. The highest BCUT2D eigenvalue weighted by molar-refractivity contribution is 5.89. The van der Waals surface area contributed by atoms with Crippen LogP contribution in [0.3, 0.4) is 0 Å². The average Bonchev–Trinajstić information content (AvgIpc) is 2.75. The van der Waals surface area contributed by atoms with Gasteiger partial charge in [0, 0.05) is 6.07 Å². The highest BCUT2D eigenvalue weighted by Gasteiger charge is 2.20. The lowest BCUT2D eigenvalue weighted by molar-refractivity contribution is 0.0685. The first-order valence-electron chi connectivity index (χ1n) is 9.03. The molecule has 3 aromatic rings. The number of azo groups is 2. The van der Waals surface area contributed by atoms with E-state index in [-0.39, 0.29) is 6.07 Å². The summed E-state index contributed by atoms with van der Waals surface area (Å²) < 4.78 is 56.7. The Morgan fingerprint density at radius 3 is 1.23 bits per heavy atom. The number of nitrogens with zero attached hydrogens (tertiary/aromatic N) is 4. The van der Waals surface area contributed by atoms with Crippen molar-refractivity contribution in [2.75, 3.05) is 5.73 Å². The van der Waals surface area contributed by atoms with E-state index in [0.717, 1.165) is 0 Å². The molecule has 0 fully saturated rings. The second-order valence-electron chi connectivity index (χ2n) is 6.61. The van der Waals surface area contributed by atoms with Crippen LogP contribution >= 0.6 is 0 Å². The Labute approximate surface area is 191 Å². The van der Waals surface area contributed by atoms with Gasteiger partial charge < -0.3 is 26.2 Å². The molecule has 0 aromatic heterocycles. The number of phenols is 2. The maximum Gasteiger partial charge on any atom is 0.335 e. The van der Waals surface area contributed by atoms with Gasteiger partial charge >= 0.3 is 11.9 Å². The summed E-state index contributed by atoms with van der Waals surface area (Å²) in [7, 11) is 0. The lowest BCUT2D eigenvalue weighted by Crippen LogP contribution is -1.97. The van der Waals surface area contributed by atoms with Gasteiger partial charge in [0.15, 0.2) is 34.6 Å². The van der Waals surface area contributed by atoms with Crippen molar-refractivity contribution in [3.8, 4) is 11.5 Å². The Hall–Kier alpha value is -5.08. The van der Waals surface area contributed by atoms with Crippen LogP contribution < -0.4 is 5.73 Å². The molecule has 0 aliphatic carbocycles. The molecule has 35 heavy (non-hydrogen) atoms. The van der Waals surface area contributed by atoms with Gasteiger partial charge in [0.1, 0.15) is 22.9 Å². The summed E-state index contributed by atoms with van der Waals surface area (Å²) in [6.07, 6.45) is 0. The van der Waals surface area contributed by atoms with Crippen molar-refractivity contribution in [2.24, 2.45) is 20.5 Å². The van der Waals surface area contributed by atoms with Crippen LogP contribution in [0.15, 0.2) is 50.8 Å². The average molecular weight is 493 g/mol. The number of aromatic carboxylic acids is 2. The third kappa shape index (κ3) is 4.97. The number of phenolic OH excluding ortho intramolecular Hbond substituents is 2. The van der Waals surface area contributed by atoms with E-state index in [1.54, 1.807) is 0 Å². The zero-order chi connectivity index (χ0) is 26.0. The van der Waals surface area contributed by atoms with Crippen LogP contribution in [-0.2, 0) is 0 Å². The summed E-state index contributed by atoms with van der Waals surface area (Å²) >= 11 is 0. The topological polar surface area (TPSA) is 191 Å². The van der Waals surface area contributed by atoms with E-state index in [4.69, 9.17) is 15.9 Å². The minimum atomic E-state index is -1.55. The van der Waals surface area contributed by atoms with E-state index in [1.807, 2.05) is 0 Å². The van der Waals surface area contributed by atoms with Crippen LogP contribution in [0.5, 0.6) is 11.5 Å². The van der Waals surface area contributed by atoms with Gasteiger partial charge in [-0.1, -0.05) is 0 Å². The highest BCUT2D eigenvalue weighted by atomic mass is 19.1. The number of benzene rings is 3. The van der Waals surface area contributed by atoms with Crippen molar-refractivity contribution >= 4 is 40.4 Å². The van der Waals surface area contributed by atoms with E-state index < -0.39 is 86.3 Å². The Balaban J connectivity index is 2.04. The molecule has 0 atom stereocenters. The van der Waals surface area contributed by atoms with Gasteiger partial charge in [-0.25, -0.2) is 27.2 Å². The number of carbonyl (C=O) groups is 2. The zero-order valence-corrected chi connectivity index (χ0v) is 16.9. The van der Waals surface area contributed by atoms with Gasteiger partial charge in [0.25, 0.3) is 0 Å². The molecule has 0 amide bonds. The third-order valence-electron chi connectivity index (χ3n) is 4.30. The minimum absolute atomic E-state index is 0.243. The van der Waals surface area contributed by atoms with Crippen molar-refractivity contribution in [2.45, 2.75) is 0 Å². The monoisotopic (exact) mass is 493 g/mol. The number of nitrogen functional groups attached to an aromatic ring is 1. The van der Waals surface area contributed by atoms with Gasteiger partial charge in [-0.05, 0) is 24.3 Å². The number of nitrogens with two attached hydrogens (primary N) is 1. The summed E-state index contributed by atoms with van der Waals surface area (Å²) in [6, 6.07) is 2.57. The maximum atomic E-state index is 14.2. The molecule has 0 spiro atoms. The van der Waals surface area contributed by atoms with Gasteiger partial charge in [0.05, 0.1) is 16.8 Å². The van der Waals surface area contributed by atoms with Crippen molar-refractivity contribution in [3.63, 3.8) is 0 Å². The minimum Gasteiger partial charge on any atom is -0.505 e. The maximum absolute atomic E-state index is 14.2.